The average Bonchev–Trinajstić information content (AvgIpc) is 3.06. The molecule has 1 atom stereocenters. The van der Waals surface area contributed by atoms with Crippen LogP contribution in [0, 0.1) is 5.92 Å². The van der Waals surface area contributed by atoms with Gasteiger partial charge in [0.1, 0.15) is 12.1 Å². The predicted molar refractivity (Wildman–Crippen MR) is 89.5 cm³/mol. The second-order valence-corrected chi connectivity index (χ2v) is 5.74. The van der Waals surface area contributed by atoms with Gasteiger partial charge < -0.3 is 24.6 Å². The van der Waals surface area contributed by atoms with Gasteiger partial charge in [-0.15, -0.1) is 0 Å². The summed E-state index contributed by atoms with van der Waals surface area (Å²) in [4.78, 5) is 36.1. The minimum Gasteiger partial charge on any atom is -0.481 e. The monoisotopic (exact) mass is 345 g/mol. The van der Waals surface area contributed by atoms with Gasteiger partial charge in [0.2, 0.25) is 5.95 Å². The van der Waals surface area contributed by atoms with Crippen LogP contribution in [0.25, 0.3) is 0 Å². The number of amides is 1. The molecule has 1 fully saturated rings. The van der Waals surface area contributed by atoms with Gasteiger partial charge >= 0.3 is 5.97 Å². The zero-order valence-corrected chi connectivity index (χ0v) is 13.8. The molecule has 3 heterocycles. The molecule has 1 aliphatic heterocycles. The summed E-state index contributed by atoms with van der Waals surface area (Å²) in [7, 11) is 1.75. The quantitative estimate of drug-likeness (QED) is 0.836. The van der Waals surface area contributed by atoms with Gasteiger partial charge in [-0.3, -0.25) is 9.59 Å². The van der Waals surface area contributed by atoms with E-state index in [2.05, 4.69) is 15.3 Å². The lowest BCUT2D eigenvalue weighted by atomic mass is 10.1. The zero-order chi connectivity index (χ0) is 17.8. The number of carbonyl (C=O) groups excluding carboxylic acids is 1. The fraction of sp³-hybridized carbons (Fsp3) is 0.375. The third-order valence-corrected chi connectivity index (χ3v) is 4.11. The lowest BCUT2D eigenvalue weighted by Gasteiger charge is -2.22. The first-order chi connectivity index (χ1) is 12.1. The van der Waals surface area contributed by atoms with Crippen molar-refractivity contribution in [2.45, 2.75) is 0 Å². The Kier molecular flexibility index (Phi) is 4.82. The molecule has 0 bridgehead atoms. The maximum absolute atomic E-state index is 12.5. The second-order valence-electron chi connectivity index (χ2n) is 5.74. The fourth-order valence-corrected chi connectivity index (χ4v) is 2.74. The topological polar surface area (TPSA) is 112 Å². The maximum atomic E-state index is 12.5. The van der Waals surface area contributed by atoms with Gasteiger partial charge in [-0.1, -0.05) is 0 Å². The molecule has 1 saturated heterocycles. The third kappa shape index (κ3) is 3.70. The molecule has 2 aromatic rings. The Hall–Kier alpha value is -3.10. The van der Waals surface area contributed by atoms with Crippen LogP contribution in [0.15, 0.2) is 35.3 Å². The minimum atomic E-state index is -0.957. The molecule has 9 nitrogen and oxygen atoms in total. The van der Waals surface area contributed by atoms with Crippen molar-refractivity contribution in [3.05, 3.63) is 36.4 Å². The summed E-state index contributed by atoms with van der Waals surface area (Å²) in [6.07, 6.45) is 4.40. The average molecular weight is 345 g/mol. The lowest BCUT2D eigenvalue weighted by Crippen LogP contribution is -2.38. The van der Waals surface area contributed by atoms with E-state index in [4.69, 9.17) is 4.42 Å². The van der Waals surface area contributed by atoms with Gasteiger partial charge in [0.05, 0.1) is 17.7 Å². The molecule has 3 rings (SSSR count). The van der Waals surface area contributed by atoms with Crippen LogP contribution in [0.2, 0.25) is 0 Å². The van der Waals surface area contributed by atoms with Gasteiger partial charge in [0, 0.05) is 39.4 Å². The van der Waals surface area contributed by atoms with E-state index in [0.717, 1.165) is 0 Å². The van der Waals surface area contributed by atoms with E-state index in [-0.39, 0.29) is 19.0 Å². The predicted octanol–water partition coefficient (Wildman–Crippen LogP) is 0.774. The lowest BCUT2D eigenvalue weighted by molar-refractivity contribution is -0.141. The first kappa shape index (κ1) is 16.7. The molecule has 0 radical (unpaired) electrons. The molecule has 0 aliphatic carbocycles. The summed E-state index contributed by atoms with van der Waals surface area (Å²) >= 11 is 0. The molecule has 25 heavy (non-hydrogen) atoms. The van der Waals surface area contributed by atoms with Gasteiger partial charge in [0.25, 0.3) is 5.91 Å². The number of nitrogens with one attached hydrogen (secondary N) is 1. The molecule has 1 aliphatic rings. The van der Waals surface area contributed by atoms with Crippen LogP contribution < -0.4 is 10.2 Å². The SMILES string of the molecule is CNc1ccnc(N2CCN(C(=O)c3ccoc3)C[C@@H](C(=O)O)C2)n1. The molecule has 0 spiro atoms. The molecule has 132 valence electrons. The van der Waals surface area contributed by atoms with E-state index in [0.29, 0.717) is 30.4 Å². The highest BCUT2D eigenvalue weighted by Gasteiger charge is 2.31. The molecule has 2 N–H and O–H groups in total. The Bertz CT molecular complexity index is 749. The van der Waals surface area contributed by atoms with Crippen molar-refractivity contribution < 1.29 is 19.1 Å². The van der Waals surface area contributed by atoms with Crippen molar-refractivity contribution in [2.24, 2.45) is 5.92 Å². The molecule has 0 aromatic carbocycles. The third-order valence-electron chi connectivity index (χ3n) is 4.11. The summed E-state index contributed by atoms with van der Waals surface area (Å²) in [6, 6.07) is 3.30. The van der Waals surface area contributed by atoms with E-state index in [1.807, 2.05) is 0 Å². The number of carboxylic acid groups (broad SMARTS) is 1. The van der Waals surface area contributed by atoms with Crippen LogP contribution >= 0.6 is 0 Å². The Morgan fingerprint density at radius 1 is 1.32 bits per heavy atom. The maximum Gasteiger partial charge on any atom is 0.310 e. The normalized spacial score (nSPS) is 17.9. The van der Waals surface area contributed by atoms with Crippen LogP contribution in [0.1, 0.15) is 10.4 Å². The van der Waals surface area contributed by atoms with Gasteiger partial charge in [0.15, 0.2) is 0 Å². The van der Waals surface area contributed by atoms with Gasteiger partial charge in [-0.25, -0.2) is 4.98 Å². The summed E-state index contributed by atoms with van der Waals surface area (Å²) < 4.78 is 4.95. The summed E-state index contributed by atoms with van der Waals surface area (Å²) in [5.41, 5.74) is 0.408. The molecule has 9 heteroatoms. The largest absolute Gasteiger partial charge is 0.481 e. The van der Waals surface area contributed by atoms with Gasteiger partial charge in [-0.2, -0.15) is 4.98 Å². The standard InChI is InChI=1S/C16H19N5O4/c1-17-13-2-4-18-16(19-13)21-6-5-20(8-12(9-21)15(23)24)14(22)11-3-7-25-10-11/h2-4,7,10,12H,5-6,8-9H2,1H3,(H,23,24)(H,17,18,19)/t12-/m1/s1. The Morgan fingerprint density at radius 3 is 2.84 bits per heavy atom. The summed E-state index contributed by atoms with van der Waals surface area (Å²) in [5, 5.41) is 12.5. The number of aromatic nitrogens is 2. The van der Waals surface area contributed by atoms with Crippen molar-refractivity contribution in [3.8, 4) is 0 Å². The van der Waals surface area contributed by atoms with Gasteiger partial charge in [-0.05, 0) is 12.1 Å². The van der Waals surface area contributed by atoms with Crippen LogP contribution in [-0.2, 0) is 4.79 Å². The van der Waals surface area contributed by atoms with Crippen molar-refractivity contribution >= 4 is 23.6 Å². The van der Waals surface area contributed by atoms with E-state index in [1.54, 1.807) is 30.3 Å². The number of rotatable bonds is 4. The first-order valence-electron chi connectivity index (χ1n) is 7.88. The van der Waals surface area contributed by atoms with E-state index < -0.39 is 11.9 Å². The molecular weight excluding hydrogens is 326 g/mol. The van der Waals surface area contributed by atoms with Crippen molar-refractivity contribution in [1.29, 1.82) is 0 Å². The van der Waals surface area contributed by atoms with E-state index in [1.165, 1.54) is 17.4 Å². The number of hydrogen-bond donors (Lipinski definition) is 2. The molecular formula is C16H19N5O4. The zero-order valence-electron chi connectivity index (χ0n) is 13.8. The number of hydrogen-bond acceptors (Lipinski definition) is 7. The van der Waals surface area contributed by atoms with Crippen LogP contribution in [0.3, 0.4) is 0 Å². The smallest absolute Gasteiger partial charge is 0.310 e. The molecule has 1 amide bonds. The van der Waals surface area contributed by atoms with Crippen LogP contribution in [0.5, 0.6) is 0 Å². The highest BCUT2D eigenvalue weighted by molar-refractivity contribution is 5.94. The molecule has 2 aromatic heterocycles. The van der Waals surface area contributed by atoms with Crippen molar-refractivity contribution in [2.75, 3.05) is 43.4 Å². The van der Waals surface area contributed by atoms with Crippen LogP contribution in [-0.4, -0.2) is 65.1 Å². The number of carboxylic acids is 1. The highest BCUT2D eigenvalue weighted by atomic mass is 16.4. The number of aliphatic carboxylic acids is 1. The molecule has 0 saturated carbocycles. The van der Waals surface area contributed by atoms with Crippen molar-refractivity contribution in [1.82, 2.24) is 14.9 Å². The summed E-state index contributed by atoms with van der Waals surface area (Å²) in [6.45, 7) is 1.18. The Balaban J connectivity index is 1.82. The number of nitrogens with zero attached hydrogens (tertiary/aromatic N) is 4. The van der Waals surface area contributed by atoms with E-state index >= 15 is 0 Å². The Morgan fingerprint density at radius 2 is 2.16 bits per heavy atom. The fourth-order valence-electron chi connectivity index (χ4n) is 2.74. The number of anilines is 2. The van der Waals surface area contributed by atoms with Crippen molar-refractivity contribution in [3.63, 3.8) is 0 Å². The van der Waals surface area contributed by atoms with Crippen LogP contribution in [0.4, 0.5) is 11.8 Å². The Labute approximate surface area is 144 Å². The highest BCUT2D eigenvalue weighted by Crippen LogP contribution is 2.18. The first-order valence-corrected chi connectivity index (χ1v) is 7.88. The minimum absolute atomic E-state index is 0.127. The van der Waals surface area contributed by atoms with E-state index in [9.17, 15) is 14.7 Å². The second kappa shape index (κ2) is 7.20. The number of carbonyl (C=O) groups is 2. The molecule has 0 unspecified atom stereocenters. The number of furan rings is 1. The summed E-state index contributed by atoms with van der Waals surface area (Å²) in [5.74, 6) is -0.850.